The molecule has 0 spiro atoms. The van der Waals surface area contributed by atoms with E-state index in [4.69, 9.17) is 5.11 Å². The zero-order valence-electron chi connectivity index (χ0n) is 16.0. The lowest BCUT2D eigenvalue weighted by Crippen LogP contribution is -2.33. The number of anilines is 1. The van der Waals surface area contributed by atoms with E-state index in [1.54, 1.807) is 6.07 Å². The number of fused-ring (bicyclic) bond motifs is 1. The van der Waals surface area contributed by atoms with Crippen LogP contribution in [0.2, 0.25) is 0 Å². The summed E-state index contributed by atoms with van der Waals surface area (Å²) in [5.41, 5.74) is 1.71. The first-order valence-electron chi connectivity index (χ1n) is 8.91. The fraction of sp³-hybridized carbons (Fsp3) is 0.190. The molecule has 0 aliphatic rings. The van der Waals surface area contributed by atoms with Crippen LogP contribution in [-0.4, -0.2) is 47.7 Å². The van der Waals surface area contributed by atoms with E-state index in [1.165, 1.54) is 0 Å². The molecule has 29 heavy (non-hydrogen) atoms. The topological polar surface area (TPSA) is 123 Å². The number of carbonyl (C=O) groups excluding carboxylic acids is 1. The number of rotatable bonds is 6. The second kappa shape index (κ2) is 8.05. The van der Waals surface area contributed by atoms with Crippen LogP contribution in [0.3, 0.4) is 0 Å². The van der Waals surface area contributed by atoms with Crippen LogP contribution in [0.4, 0.5) is 5.69 Å². The van der Waals surface area contributed by atoms with Crippen molar-refractivity contribution in [1.82, 2.24) is 10.3 Å². The highest BCUT2D eigenvalue weighted by molar-refractivity contribution is 6.04. The Balaban J connectivity index is 2.19. The van der Waals surface area contributed by atoms with Crippen molar-refractivity contribution in [1.29, 1.82) is 0 Å². The van der Waals surface area contributed by atoms with E-state index >= 15 is 0 Å². The number of nitrogens with one attached hydrogen (secondary N) is 2. The average Bonchev–Trinajstić information content (AvgIpc) is 2.67. The zero-order valence-corrected chi connectivity index (χ0v) is 16.0. The molecule has 1 aromatic heterocycles. The largest absolute Gasteiger partial charge is 0.506 e. The van der Waals surface area contributed by atoms with Gasteiger partial charge in [0.15, 0.2) is 0 Å². The van der Waals surface area contributed by atoms with Crippen molar-refractivity contribution in [2.75, 3.05) is 25.5 Å². The first kappa shape index (κ1) is 19.9. The predicted molar refractivity (Wildman–Crippen MR) is 110 cm³/mol. The lowest BCUT2D eigenvalue weighted by molar-refractivity contribution is -0.135. The van der Waals surface area contributed by atoms with E-state index in [0.717, 1.165) is 16.8 Å². The number of carboxylic acid groups (broad SMARTS) is 1. The minimum absolute atomic E-state index is 0.308. The summed E-state index contributed by atoms with van der Waals surface area (Å²) in [5.74, 6) is -2.69. The fourth-order valence-corrected chi connectivity index (χ4v) is 3.11. The van der Waals surface area contributed by atoms with Gasteiger partial charge < -0.3 is 25.4 Å². The Hall–Kier alpha value is -3.81. The maximum Gasteiger partial charge on any atom is 0.322 e. The minimum Gasteiger partial charge on any atom is -0.506 e. The number of aromatic hydroxyl groups is 1. The molecule has 0 aliphatic heterocycles. The van der Waals surface area contributed by atoms with Crippen LogP contribution in [0, 0.1) is 0 Å². The van der Waals surface area contributed by atoms with Crippen LogP contribution in [-0.2, 0) is 11.2 Å². The Morgan fingerprint density at radius 1 is 1.14 bits per heavy atom. The van der Waals surface area contributed by atoms with E-state index in [-0.39, 0.29) is 0 Å². The Kier molecular flexibility index (Phi) is 5.54. The van der Waals surface area contributed by atoms with E-state index in [1.807, 2.05) is 55.4 Å². The van der Waals surface area contributed by atoms with Crippen LogP contribution in [0.1, 0.15) is 21.5 Å². The van der Waals surface area contributed by atoms with Crippen molar-refractivity contribution < 1.29 is 19.8 Å². The van der Waals surface area contributed by atoms with Gasteiger partial charge in [-0.2, -0.15) is 0 Å². The van der Waals surface area contributed by atoms with Gasteiger partial charge in [-0.1, -0.05) is 30.3 Å². The number of carbonyl (C=O) groups is 2. The highest BCUT2D eigenvalue weighted by Crippen LogP contribution is 2.32. The molecule has 1 amide bonds. The third-order valence-electron chi connectivity index (χ3n) is 4.54. The normalized spacial score (nSPS) is 10.7. The van der Waals surface area contributed by atoms with Gasteiger partial charge in [0.1, 0.15) is 17.9 Å². The Morgan fingerprint density at radius 2 is 1.83 bits per heavy atom. The standard InChI is InChI=1S/C21H21N3O5/c1-24(2)14-9-13(8-12-6-4-3-5-7-12)18-15(10-14)19(27)17(21(29)23-18)20(28)22-11-16(25)26/h3-7,9-10H,8,11H2,1-2H3,(H,22,28)(H,25,26)(H2,23,27,29). The lowest BCUT2D eigenvalue weighted by Gasteiger charge is -2.18. The number of aromatic nitrogens is 1. The first-order chi connectivity index (χ1) is 13.8. The molecular formula is C21H21N3O5. The smallest absolute Gasteiger partial charge is 0.322 e. The molecule has 2 aromatic carbocycles. The fourth-order valence-electron chi connectivity index (χ4n) is 3.11. The molecule has 0 aliphatic carbocycles. The van der Waals surface area contributed by atoms with E-state index < -0.39 is 35.3 Å². The molecule has 0 bridgehead atoms. The molecule has 0 unspecified atom stereocenters. The molecule has 0 fully saturated rings. The maximum atomic E-state index is 12.5. The van der Waals surface area contributed by atoms with Gasteiger partial charge >= 0.3 is 5.97 Å². The maximum absolute atomic E-state index is 12.5. The van der Waals surface area contributed by atoms with Gasteiger partial charge in [-0.15, -0.1) is 0 Å². The summed E-state index contributed by atoms with van der Waals surface area (Å²) in [6, 6.07) is 13.2. The van der Waals surface area contributed by atoms with E-state index in [2.05, 4.69) is 10.3 Å². The molecule has 8 nitrogen and oxygen atoms in total. The molecule has 3 aromatic rings. The van der Waals surface area contributed by atoms with E-state index in [9.17, 15) is 19.5 Å². The number of aliphatic carboxylic acids is 1. The van der Waals surface area contributed by atoms with Crippen LogP contribution >= 0.6 is 0 Å². The lowest BCUT2D eigenvalue weighted by atomic mass is 9.99. The van der Waals surface area contributed by atoms with Crippen molar-refractivity contribution >= 4 is 28.5 Å². The number of H-pyrrole nitrogens is 1. The summed E-state index contributed by atoms with van der Waals surface area (Å²) >= 11 is 0. The number of benzene rings is 2. The summed E-state index contributed by atoms with van der Waals surface area (Å²) in [6.07, 6.45) is 0.513. The molecule has 150 valence electrons. The van der Waals surface area contributed by atoms with Gasteiger partial charge in [-0.05, 0) is 29.7 Å². The number of hydrogen-bond acceptors (Lipinski definition) is 5. The van der Waals surface area contributed by atoms with Gasteiger partial charge in [0.25, 0.3) is 11.5 Å². The molecule has 0 saturated heterocycles. The Labute approximate surface area is 166 Å². The second-order valence-corrected chi connectivity index (χ2v) is 6.84. The third-order valence-corrected chi connectivity index (χ3v) is 4.54. The molecule has 1 heterocycles. The number of carboxylic acids is 1. The van der Waals surface area contributed by atoms with Crippen molar-refractivity contribution in [3.8, 4) is 5.75 Å². The zero-order chi connectivity index (χ0) is 21.1. The monoisotopic (exact) mass is 395 g/mol. The van der Waals surface area contributed by atoms with E-state index in [0.29, 0.717) is 17.3 Å². The average molecular weight is 395 g/mol. The van der Waals surface area contributed by atoms with Crippen molar-refractivity contribution in [2.45, 2.75) is 6.42 Å². The Morgan fingerprint density at radius 3 is 2.45 bits per heavy atom. The molecule has 4 N–H and O–H groups in total. The highest BCUT2D eigenvalue weighted by atomic mass is 16.4. The number of hydrogen-bond donors (Lipinski definition) is 4. The summed E-state index contributed by atoms with van der Waals surface area (Å²) in [7, 11) is 3.69. The third kappa shape index (κ3) is 4.21. The summed E-state index contributed by atoms with van der Waals surface area (Å²) in [5, 5.41) is 21.9. The number of nitrogens with zero attached hydrogens (tertiary/aromatic N) is 1. The second-order valence-electron chi connectivity index (χ2n) is 6.84. The van der Waals surface area contributed by atoms with Crippen LogP contribution < -0.4 is 15.8 Å². The number of amides is 1. The molecule has 0 saturated carbocycles. The summed E-state index contributed by atoms with van der Waals surface area (Å²) in [4.78, 5) is 40.0. The molecular weight excluding hydrogens is 374 g/mol. The first-order valence-corrected chi connectivity index (χ1v) is 8.91. The number of aromatic amines is 1. The SMILES string of the molecule is CN(C)c1cc(Cc2ccccc2)c2[nH]c(=O)c(C(=O)NCC(=O)O)c(O)c2c1. The summed E-state index contributed by atoms with van der Waals surface area (Å²) in [6.45, 7) is -0.660. The van der Waals surface area contributed by atoms with Gasteiger partial charge in [0.2, 0.25) is 0 Å². The molecule has 8 heteroatoms. The van der Waals surface area contributed by atoms with Crippen molar-refractivity contribution in [2.24, 2.45) is 0 Å². The quantitative estimate of drug-likeness (QED) is 0.504. The van der Waals surface area contributed by atoms with Crippen molar-refractivity contribution in [3.05, 3.63) is 69.5 Å². The van der Waals surface area contributed by atoms with Gasteiger partial charge in [0, 0.05) is 25.2 Å². The van der Waals surface area contributed by atoms with Crippen LogP contribution in [0.15, 0.2) is 47.3 Å². The van der Waals surface area contributed by atoms with Gasteiger partial charge in [-0.25, -0.2) is 0 Å². The predicted octanol–water partition coefficient (Wildman–Crippen LogP) is 1.70. The molecule has 0 atom stereocenters. The van der Waals surface area contributed by atoms with Crippen LogP contribution in [0.25, 0.3) is 10.9 Å². The number of pyridine rings is 1. The van der Waals surface area contributed by atoms with Crippen molar-refractivity contribution in [3.63, 3.8) is 0 Å². The van der Waals surface area contributed by atoms with Gasteiger partial charge in [-0.3, -0.25) is 14.4 Å². The summed E-state index contributed by atoms with van der Waals surface area (Å²) < 4.78 is 0. The molecule has 3 rings (SSSR count). The minimum atomic E-state index is -1.25. The Bertz CT molecular complexity index is 1140. The molecule has 0 radical (unpaired) electrons. The highest BCUT2D eigenvalue weighted by Gasteiger charge is 2.21. The van der Waals surface area contributed by atoms with Crippen LogP contribution in [0.5, 0.6) is 5.75 Å². The van der Waals surface area contributed by atoms with Gasteiger partial charge in [0.05, 0.1) is 5.52 Å².